The van der Waals surface area contributed by atoms with Crippen LogP contribution in [0.2, 0.25) is 0 Å². The van der Waals surface area contributed by atoms with Crippen molar-refractivity contribution in [2.75, 3.05) is 30.5 Å². The van der Waals surface area contributed by atoms with E-state index in [9.17, 15) is 4.39 Å². The van der Waals surface area contributed by atoms with Crippen molar-refractivity contribution in [2.45, 2.75) is 19.0 Å². The van der Waals surface area contributed by atoms with Gasteiger partial charge in [-0.25, -0.2) is 4.39 Å². The largest absolute Gasteiger partial charge is 0.371 e. The highest BCUT2D eigenvalue weighted by Crippen LogP contribution is 2.27. The maximum absolute atomic E-state index is 13.5. The van der Waals surface area contributed by atoms with Crippen molar-refractivity contribution >= 4 is 17.4 Å². The molecule has 0 spiro atoms. The number of rotatable bonds is 4. The predicted molar refractivity (Wildman–Crippen MR) is 73.3 cm³/mol. The molecule has 0 amide bonds. The molecule has 1 N–H and O–H groups in total. The molecule has 1 aromatic carbocycles. The van der Waals surface area contributed by atoms with Crippen LogP contribution in [0.3, 0.4) is 0 Å². The van der Waals surface area contributed by atoms with E-state index in [1.165, 1.54) is 12.2 Å². The Balaban J connectivity index is 2.18. The number of hydrogen-bond acceptors (Lipinski definition) is 3. The predicted octanol–water partition coefficient (Wildman–Crippen LogP) is 2.49. The van der Waals surface area contributed by atoms with E-state index < -0.39 is 0 Å². The normalized spacial score (nSPS) is 19.6. The minimum absolute atomic E-state index is 0.148. The summed E-state index contributed by atoms with van der Waals surface area (Å²) in [7, 11) is 3.94. The molecule has 0 radical (unpaired) electrons. The minimum Gasteiger partial charge on any atom is -0.371 e. The molecule has 2 nitrogen and oxygen atoms in total. The first-order valence-electron chi connectivity index (χ1n) is 5.95. The Morgan fingerprint density at radius 3 is 2.94 bits per heavy atom. The van der Waals surface area contributed by atoms with E-state index in [4.69, 9.17) is 0 Å². The van der Waals surface area contributed by atoms with Gasteiger partial charge in [0.05, 0.1) is 0 Å². The monoisotopic (exact) mass is 254 g/mol. The average Bonchev–Trinajstić information content (AvgIpc) is 2.81. The van der Waals surface area contributed by atoms with Crippen molar-refractivity contribution in [2.24, 2.45) is 0 Å². The van der Waals surface area contributed by atoms with Gasteiger partial charge >= 0.3 is 0 Å². The summed E-state index contributed by atoms with van der Waals surface area (Å²) >= 11 is 1.98. The van der Waals surface area contributed by atoms with Gasteiger partial charge in [-0.2, -0.15) is 11.8 Å². The van der Waals surface area contributed by atoms with Gasteiger partial charge < -0.3 is 10.2 Å². The van der Waals surface area contributed by atoms with Crippen LogP contribution in [0.4, 0.5) is 10.1 Å². The van der Waals surface area contributed by atoms with E-state index in [0.717, 1.165) is 17.0 Å². The standard InChI is InChI=1S/C13H19FN2S/c1-15-8-10-5-11(14)7-13(6-10)16(2)12-3-4-17-9-12/h5-7,12,15H,3-4,8-9H2,1-2H3. The fourth-order valence-corrected chi connectivity index (χ4v) is 3.45. The van der Waals surface area contributed by atoms with Gasteiger partial charge in [-0.1, -0.05) is 0 Å². The van der Waals surface area contributed by atoms with Crippen LogP contribution >= 0.6 is 11.8 Å². The summed E-state index contributed by atoms with van der Waals surface area (Å²) in [4.78, 5) is 2.21. The Kier molecular flexibility index (Phi) is 4.29. The molecule has 1 unspecified atom stereocenters. The topological polar surface area (TPSA) is 15.3 Å². The van der Waals surface area contributed by atoms with Gasteiger partial charge in [-0.15, -0.1) is 0 Å². The molecule has 1 aliphatic heterocycles. The molecule has 0 aliphatic carbocycles. The molecule has 1 atom stereocenters. The van der Waals surface area contributed by atoms with Crippen molar-refractivity contribution in [1.82, 2.24) is 5.32 Å². The molecular weight excluding hydrogens is 235 g/mol. The van der Waals surface area contributed by atoms with E-state index in [-0.39, 0.29) is 5.82 Å². The molecule has 1 heterocycles. The lowest BCUT2D eigenvalue weighted by molar-refractivity contribution is 0.620. The van der Waals surface area contributed by atoms with Crippen LogP contribution in [0.5, 0.6) is 0 Å². The van der Waals surface area contributed by atoms with E-state index >= 15 is 0 Å². The summed E-state index contributed by atoms with van der Waals surface area (Å²) in [6, 6.07) is 5.84. The third-order valence-electron chi connectivity index (χ3n) is 3.18. The Morgan fingerprint density at radius 2 is 2.29 bits per heavy atom. The second-order valence-corrected chi connectivity index (χ2v) is 5.63. The molecule has 0 bridgehead atoms. The van der Waals surface area contributed by atoms with Gasteiger partial charge in [0.15, 0.2) is 0 Å². The number of thioether (sulfide) groups is 1. The molecule has 0 aromatic heterocycles. The van der Waals surface area contributed by atoms with E-state index in [2.05, 4.69) is 23.3 Å². The Bertz CT molecular complexity index is 378. The first-order chi connectivity index (χ1) is 8.20. The lowest BCUT2D eigenvalue weighted by Crippen LogP contribution is -2.31. The highest BCUT2D eigenvalue weighted by atomic mass is 32.2. The number of benzene rings is 1. The van der Waals surface area contributed by atoms with E-state index in [1.807, 2.05) is 18.8 Å². The fraction of sp³-hybridized carbons (Fsp3) is 0.538. The summed E-state index contributed by atoms with van der Waals surface area (Å²) in [6.07, 6.45) is 1.19. The summed E-state index contributed by atoms with van der Waals surface area (Å²) in [5.74, 6) is 2.22. The fourth-order valence-electron chi connectivity index (χ4n) is 2.18. The van der Waals surface area contributed by atoms with E-state index in [0.29, 0.717) is 12.6 Å². The van der Waals surface area contributed by atoms with Crippen molar-refractivity contribution in [3.63, 3.8) is 0 Å². The van der Waals surface area contributed by atoms with Gasteiger partial charge in [0.25, 0.3) is 0 Å². The van der Waals surface area contributed by atoms with Crippen LogP contribution in [0.25, 0.3) is 0 Å². The maximum Gasteiger partial charge on any atom is 0.125 e. The van der Waals surface area contributed by atoms with Crippen LogP contribution in [0.1, 0.15) is 12.0 Å². The van der Waals surface area contributed by atoms with Crippen molar-refractivity contribution in [3.05, 3.63) is 29.6 Å². The molecular formula is C13H19FN2S. The second kappa shape index (κ2) is 5.74. The lowest BCUT2D eigenvalue weighted by Gasteiger charge is -2.26. The maximum atomic E-state index is 13.5. The molecule has 1 saturated heterocycles. The zero-order valence-corrected chi connectivity index (χ0v) is 11.2. The number of anilines is 1. The first-order valence-corrected chi connectivity index (χ1v) is 7.11. The number of nitrogens with one attached hydrogen (secondary N) is 1. The van der Waals surface area contributed by atoms with E-state index in [1.54, 1.807) is 12.1 Å². The Hall–Kier alpha value is -0.740. The summed E-state index contributed by atoms with van der Waals surface area (Å²) < 4.78 is 13.5. The summed E-state index contributed by atoms with van der Waals surface area (Å²) in [6.45, 7) is 0.706. The average molecular weight is 254 g/mol. The molecule has 0 saturated carbocycles. The van der Waals surface area contributed by atoms with Gasteiger partial charge in [-0.3, -0.25) is 0 Å². The quantitative estimate of drug-likeness (QED) is 0.888. The third kappa shape index (κ3) is 3.13. The van der Waals surface area contributed by atoms with Gasteiger partial charge in [0.2, 0.25) is 0 Å². The van der Waals surface area contributed by atoms with Crippen LogP contribution < -0.4 is 10.2 Å². The molecule has 1 aromatic rings. The molecule has 2 rings (SSSR count). The Labute approximate surface area is 107 Å². The highest BCUT2D eigenvalue weighted by Gasteiger charge is 2.20. The van der Waals surface area contributed by atoms with Crippen LogP contribution in [0.15, 0.2) is 18.2 Å². The SMILES string of the molecule is CNCc1cc(F)cc(N(C)C2CCSC2)c1. The molecule has 94 valence electrons. The lowest BCUT2D eigenvalue weighted by atomic mass is 10.1. The molecule has 1 fully saturated rings. The zero-order chi connectivity index (χ0) is 12.3. The van der Waals surface area contributed by atoms with Crippen LogP contribution in [0, 0.1) is 5.82 Å². The number of nitrogens with zero attached hydrogens (tertiary/aromatic N) is 1. The number of hydrogen-bond donors (Lipinski definition) is 1. The minimum atomic E-state index is -0.148. The van der Waals surface area contributed by atoms with Crippen molar-refractivity contribution in [3.8, 4) is 0 Å². The van der Waals surface area contributed by atoms with Crippen molar-refractivity contribution < 1.29 is 4.39 Å². The summed E-state index contributed by atoms with van der Waals surface area (Å²) in [5.41, 5.74) is 1.99. The highest BCUT2D eigenvalue weighted by molar-refractivity contribution is 7.99. The zero-order valence-electron chi connectivity index (χ0n) is 10.4. The van der Waals surface area contributed by atoms with Gasteiger partial charge in [-0.05, 0) is 43.0 Å². The summed E-state index contributed by atoms with van der Waals surface area (Å²) in [5, 5.41) is 3.06. The molecule has 1 aliphatic rings. The van der Waals surface area contributed by atoms with Gasteiger partial charge in [0.1, 0.15) is 5.82 Å². The van der Waals surface area contributed by atoms with Crippen molar-refractivity contribution in [1.29, 1.82) is 0 Å². The Morgan fingerprint density at radius 1 is 1.47 bits per heavy atom. The molecule has 17 heavy (non-hydrogen) atoms. The number of halogens is 1. The van der Waals surface area contributed by atoms with Crippen LogP contribution in [-0.2, 0) is 6.54 Å². The molecule has 4 heteroatoms. The third-order valence-corrected chi connectivity index (χ3v) is 4.33. The smallest absolute Gasteiger partial charge is 0.125 e. The van der Waals surface area contributed by atoms with Crippen LogP contribution in [-0.4, -0.2) is 31.6 Å². The first kappa shape index (κ1) is 12.7. The second-order valence-electron chi connectivity index (χ2n) is 4.48. The van der Waals surface area contributed by atoms with Gasteiger partial charge in [0, 0.05) is 31.1 Å².